The van der Waals surface area contributed by atoms with E-state index in [4.69, 9.17) is 4.74 Å². The Balaban J connectivity index is 1.88. The van der Waals surface area contributed by atoms with Gasteiger partial charge in [-0.1, -0.05) is 22.9 Å². The lowest BCUT2D eigenvalue weighted by Crippen LogP contribution is -2.36. The molecule has 0 amide bonds. The second-order valence-corrected chi connectivity index (χ2v) is 8.05. The predicted molar refractivity (Wildman–Crippen MR) is 98.7 cm³/mol. The van der Waals surface area contributed by atoms with Gasteiger partial charge in [-0.2, -0.15) is 0 Å². The van der Waals surface area contributed by atoms with E-state index in [1.807, 2.05) is 0 Å². The second-order valence-electron chi connectivity index (χ2n) is 5.62. The number of aromatic amines is 1. The van der Waals surface area contributed by atoms with E-state index in [0.717, 1.165) is 32.2 Å². The highest BCUT2D eigenvalue weighted by Gasteiger charge is 2.45. The van der Waals surface area contributed by atoms with Crippen LogP contribution in [0.1, 0.15) is 6.23 Å². The maximum Gasteiger partial charge on any atom is 0.330 e. The van der Waals surface area contributed by atoms with Crippen LogP contribution in [0.15, 0.2) is 51.0 Å². The smallest absolute Gasteiger partial charge is 0.330 e. The van der Waals surface area contributed by atoms with Gasteiger partial charge in [0.05, 0.1) is 27.8 Å². The minimum atomic E-state index is -1.13. The number of aliphatic hydroxyl groups excluding tert-OH is 2. The maximum atomic E-state index is 12.1. The lowest BCUT2D eigenvalue weighted by atomic mass is 10.2. The van der Waals surface area contributed by atoms with E-state index in [0.29, 0.717) is 4.90 Å². The lowest BCUT2D eigenvalue weighted by molar-refractivity contribution is -0.387. The summed E-state index contributed by atoms with van der Waals surface area (Å²) in [6.07, 6.45) is -1.79. The van der Waals surface area contributed by atoms with Crippen molar-refractivity contribution in [3.8, 4) is 0 Å². The van der Waals surface area contributed by atoms with Crippen molar-refractivity contribution < 1.29 is 19.9 Å². The number of aliphatic hydroxyl groups is 2. The molecule has 27 heavy (non-hydrogen) atoms. The predicted octanol–water partition coefficient (Wildman–Crippen LogP) is 0.504. The van der Waals surface area contributed by atoms with Crippen LogP contribution in [-0.4, -0.2) is 48.8 Å². The van der Waals surface area contributed by atoms with Crippen molar-refractivity contribution in [2.24, 2.45) is 0 Å². The van der Waals surface area contributed by atoms with Gasteiger partial charge in [-0.05, 0) is 16.9 Å². The van der Waals surface area contributed by atoms with Crippen LogP contribution in [-0.2, 0) is 4.74 Å². The van der Waals surface area contributed by atoms with Gasteiger partial charge in [0.15, 0.2) is 6.23 Å². The third-order valence-electron chi connectivity index (χ3n) is 3.93. The van der Waals surface area contributed by atoms with Crippen molar-refractivity contribution in [2.45, 2.75) is 28.6 Å². The Labute approximate surface area is 159 Å². The molecule has 2 aromatic rings. The fraction of sp³-hybridized carbons (Fsp3) is 0.333. The quantitative estimate of drug-likeness (QED) is 0.350. The Morgan fingerprint density at radius 1 is 1.30 bits per heavy atom. The number of nitro benzene ring substituents is 1. The zero-order chi connectivity index (χ0) is 19.6. The molecule has 1 saturated heterocycles. The van der Waals surface area contributed by atoms with E-state index in [1.165, 1.54) is 12.3 Å². The number of H-pyrrole nitrogens is 1. The third-order valence-corrected chi connectivity index (χ3v) is 6.78. The summed E-state index contributed by atoms with van der Waals surface area (Å²) in [5, 5.41) is 30.3. The van der Waals surface area contributed by atoms with Gasteiger partial charge in [0, 0.05) is 18.3 Å². The topological polar surface area (TPSA) is 148 Å². The van der Waals surface area contributed by atoms with Crippen molar-refractivity contribution in [3.63, 3.8) is 0 Å². The summed E-state index contributed by atoms with van der Waals surface area (Å²) in [5.74, 6) is 0. The van der Waals surface area contributed by atoms with Gasteiger partial charge in [0.2, 0.25) is 0 Å². The Morgan fingerprint density at radius 2 is 2.04 bits per heavy atom. The van der Waals surface area contributed by atoms with Crippen molar-refractivity contribution in [2.75, 3.05) is 6.61 Å². The summed E-state index contributed by atoms with van der Waals surface area (Å²) in [5.41, 5.74) is -1.38. The van der Waals surface area contributed by atoms with E-state index in [2.05, 4.69) is 4.98 Å². The van der Waals surface area contributed by atoms with Crippen LogP contribution in [0.3, 0.4) is 0 Å². The molecule has 3 N–H and O–H groups in total. The van der Waals surface area contributed by atoms with Crippen LogP contribution < -0.4 is 11.2 Å². The largest absolute Gasteiger partial charge is 0.394 e. The van der Waals surface area contributed by atoms with Gasteiger partial charge < -0.3 is 14.9 Å². The zero-order valence-electron chi connectivity index (χ0n) is 13.6. The fourth-order valence-corrected chi connectivity index (χ4v) is 5.46. The highest BCUT2D eigenvalue weighted by molar-refractivity contribution is 8.77. The summed E-state index contributed by atoms with van der Waals surface area (Å²) in [6, 6.07) is 7.27. The van der Waals surface area contributed by atoms with E-state index in [9.17, 15) is 29.9 Å². The molecular weight excluding hydrogens is 398 g/mol. The molecule has 0 radical (unpaired) electrons. The first-order valence-electron chi connectivity index (χ1n) is 7.75. The minimum absolute atomic E-state index is 0.0835. The monoisotopic (exact) mass is 413 g/mol. The number of nitro groups is 1. The van der Waals surface area contributed by atoms with Crippen molar-refractivity contribution in [3.05, 3.63) is 67.5 Å². The molecule has 3 rings (SSSR count). The van der Waals surface area contributed by atoms with Crippen molar-refractivity contribution in [1.82, 2.24) is 9.55 Å². The van der Waals surface area contributed by atoms with Gasteiger partial charge >= 0.3 is 5.69 Å². The summed E-state index contributed by atoms with van der Waals surface area (Å²) in [7, 11) is 2.15. The zero-order valence-corrected chi connectivity index (χ0v) is 15.3. The highest BCUT2D eigenvalue weighted by atomic mass is 33.1. The van der Waals surface area contributed by atoms with Crippen LogP contribution in [0, 0.1) is 10.1 Å². The Hall–Kier alpha value is -2.12. The number of hydrogen-bond acceptors (Lipinski definition) is 9. The maximum absolute atomic E-state index is 12.1. The van der Waals surface area contributed by atoms with Crippen LogP contribution in [0.25, 0.3) is 0 Å². The molecule has 1 aliphatic rings. The molecule has 0 unspecified atom stereocenters. The highest BCUT2D eigenvalue weighted by Crippen LogP contribution is 2.47. The SMILES string of the molecule is O=c1ccn([C@@H]2O[C@H](CO)[C@@H](O)[C@H]2SSc2ccccc2[N+](=O)[O-])c(=O)[nH]1. The number of nitrogens with zero attached hydrogens (tertiary/aromatic N) is 2. The standard InChI is InChI=1S/C15H15N3O7S2/c19-7-9-12(21)13(14(25-9)17-6-5-11(20)16-15(17)22)27-26-10-4-2-1-3-8(10)18(23)24/h1-6,9,12-14,19,21H,7H2,(H,16,20,22)/t9-,12-,13-,14-/m1/s1. The summed E-state index contributed by atoms with van der Waals surface area (Å²) in [6.45, 7) is -0.469. The second kappa shape index (κ2) is 8.27. The van der Waals surface area contributed by atoms with Gasteiger partial charge in [-0.15, -0.1) is 0 Å². The molecule has 0 spiro atoms. The number of hydrogen-bond donors (Lipinski definition) is 3. The Kier molecular flexibility index (Phi) is 6.01. The van der Waals surface area contributed by atoms with Crippen LogP contribution in [0.5, 0.6) is 0 Å². The van der Waals surface area contributed by atoms with Crippen LogP contribution in [0.2, 0.25) is 0 Å². The van der Waals surface area contributed by atoms with Crippen molar-refractivity contribution in [1.29, 1.82) is 0 Å². The summed E-state index contributed by atoms with van der Waals surface area (Å²) < 4.78 is 6.69. The molecule has 144 valence electrons. The molecule has 12 heteroatoms. The summed E-state index contributed by atoms with van der Waals surface area (Å²) in [4.78, 5) is 36.4. The molecule has 1 aromatic heterocycles. The third kappa shape index (κ3) is 4.09. The van der Waals surface area contributed by atoms with E-state index >= 15 is 0 Å². The average Bonchev–Trinajstić information content (AvgIpc) is 2.95. The molecule has 0 saturated carbocycles. The molecule has 1 fully saturated rings. The molecule has 0 aliphatic carbocycles. The first kappa shape index (κ1) is 19.6. The van der Waals surface area contributed by atoms with Gasteiger partial charge in [-0.3, -0.25) is 24.5 Å². The molecule has 10 nitrogen and oxygen atoms in total. The molecule has 1 aromatic carbocycles. The number of benzene rings is 1. The van der Waals surface area contributed by atoms with Gasteiger partial charge in [0.1, 0.15) is 6.10 Å². The lowest BCUT2D eigenvalue weighted by Gasteiger charge is -2.20. The van der Waals surface area contributed by atoms with E-state index in [1.54, 1.807) is 18.2 Å². The average molecular weight is 413 g/mol. The molecule has 1 aliphatic heterocycles. The molecule has 2 heterocycles. The Bertz CT molecular complexity index is 947. The number of para-hydroxylation sites is 1. The first-order chi connectivity index (χ1) is 12.9. The van der Waals surface area contributed by atoms with E-state index < -0.39 is 46.5 Å². The molecular formula is C15H15N3O7S2. The number of aromatic nitrogens is 2. The first-order valence-corrected chi connectivity index (χ1v) is 9.96. The molecule has 0 bridgehead atoms. The number of rotatable bonds is 6. The van der Waals surface area contributed by atoms with Crippen LogP contribution >= 0.6 is 21.6 Å². The Morgan fingerprint density at radius 3 is 2.70 bits per heavy atom. The van der Waals surface area contributed by atoms with Crippen molar-refractivity contribution >= 4 is 27.3 Å². The fourth-order valence-electron chi connectivity index (χ4n) is 2.61. The number of ether oxygens (including phenoxy) is 1. The van der Waals surface area contributed by atoms with Gasteiger partial charge in [-0.25, -0.2) is 4.79 Å². The number of nitrogens with one attached hydrogen (secondary N) is 1. The van der Waals surface area contributed by atoms with Crippen LogP contribution in [0.4, 0.5) is 5.69 Å². The normalized spacial score (nSPS) is 24.8. The van der Waals surface area contributed by atoms with Gasteiger partial charge in [0.25, 0.3) is 11.2 Å². The van der Waals surface area contributed by atoms with E-state index in [-0.39, 0.29) is 5.69 Å². The minimum Gasteiger partial charge on any atom is -0.394 e. The summed E-state index contributed by atoms with van der Waals surface area (Å²) >= 11 is 0. The molecule has 4 atom stereocenters.